The van der Waals surface area contributed by atoms with Crippen molar-refractivity contribution in [2.45, 2.75) is 38.2 Å². The van der Waals surface area contributed by atoms with E-state index in [9.17, 15) is 4.79 Å². The van der Waals surface area contributed by atoms with E-state index in [2.05, 4.69) is 17.4 Å². The molecule has 20 heavy (non-hydrogen) atoms. The molecule has 2 aliphatic rings. The van der Waals surface area contributed by atoms with E-state index in [4.69, 9.17) is 4.74 Å². The summed E-state index contributed by atoms with van der Waals surface area (Å²) in [4.78, 5) is 14.2. The zero-order valence-corrected chi connectivity index (χ0v) is 12.4. The fourth-order valence-electron chi connectivity index (χ4n) is 3.22. The number of ether oxygens (including phenoxy) is 1. The number of rotatable bonds is 0. The van der Waals surface area contributed by atoms with Crippen LogP contribution < -0.4 is 10.2 Å². The smallest absolute Gasteiger partial charge is 0.414 e. The first-order valence-electron chi connectivity index (χ1n) is 7.22. The molecule has 1 fully saturated rings. The van der Waals surface area contributed by atoms with E-state index in [1.807, 2.05) is 32.9 Å². The molecule has 0 saturated carbocycles. The van der Waals surface area contributed by atoms with Crippen LogP contribution in [0.3, 0.4) is 0 Å². The first-order chi connectivity index (χ1) is 9.41. The maximum atomic E-state index is 12.4. The minimum Gasteiger partial charge on any atom is -0.443 e. The van der Waals surface area contributed by atoms with Crippen LogP contribution in [0.1, 0.15) is 32.8 Å². The van der Waals surface area contributed by atoms with Gasteiger partial charge in [-0.1, -0.05) is 18.2 Å². The minimum atomic E-state index is -0.463. The second-order valence-corrected chi connectivity index (χ2v) is 6.79. The second-order valence-electron chi connectivity index (χ2n) is 6.79. The summed E-state index contributed by atoms with van der Waals surface area (Å²) in [7, 11) is 0. The summed E-state index contributed by atoms with van der Waals surface area (Å²) in [5, 5.41) is 3.42. The number of amides is 1. The van der Waals surface area contributed by atoms with Gasteiger partial charge in [0.05, 0.1) is 5.69 Å². The monoisotopic (exact) mass is 274 g/mol. The molecular formula is C16H22N2O2. The van der Waals surface area contributed by atoms with Gasteiger partial charge in [-0.2, -0.15) is 0 Å². The van der Waals surface area contributed by atoms with Gasteiger partial charge in [0.25, 0.3) is 0 Å². The SMILES string of the molecule is CC(C)(C)OC(=O)N1C[C@]2(CCNC2)c2ccccc21. The number of carbonyl (C=O) groups is 1. The minimum absolute atomic E-state index is 0.0630. The van der Waals surface area contributed by atoms with Crippen LogP contribution in [-0.2, 0) is 10.2 Å². The van der Waals surface area contributed by atoms with Crippen molar-refractivity contribution in [2.24, 2.45) is 0 Å². The van der Waals surface area contributed by atoms with Crippen LogP contribution in [0.5, 0.6) is 0 Å². The number of nitrogens with zero attached hydrogens (tertiary/aromatic N) is 1. The van der Waals surface area contributed by atoms with Gasteiger partial charge in [0.1, 0.15) is 5.60 Å². The summed E-state index contributed by atoms with van der Waals surface area (Å²) < 4.78 is 5.55. The van der Waals surface area contributed by atoms with Crippen LogP contribution in [-0.4, -0.2) is 31.3 Å². The Kier molecular flexibility index (Phi) is 3.01. The molecule has 4 nitrogen and oxygen atoms in total. The molecule has 1 aromatic carbocycles. The quantitative estimate of drug-likeness (QED) is 0.791. The molecule has 0 radical (unpaired) electrons. The number of carbonyl (C=O) groups excluding carboxylic acids is 1. The van der Waals surface area contributed by atoms with Crippen LogP contribution in [0.15, 0.2) is 24.3 Å². The van der Waals surface area contributed by atoms with Crippen LogP contribution in [0, 0.1) is 0 Å². The molecule has 0 aliphatic carbocycles. The molecule has 1 saturated heterocycles. The average molecular weight is 274 g/mol. The highest BCUT2D eigenvalue weighted by Crippen LogP contribution is 2.44. The van der Waals surface area contributed by atoms with Crippen molar-refractivity contribution in [3.8, 4) is 0 Å². The Hall–Kier alpha value is -1.55. The summed E-state index contributed by atoms with van der Waals surface area (Å²) in [6.45, 7) is 8.37. The van der Waals surface area contributed by atoms with Crippen LogP contribution >= 0.6 is 0 Å². The largest absolute Gasteiger partial charge is 0.443 e. The van der Waals surface area contributed by atoms with E-state index in [0.717, 1.165) is 25.2 Å². The Morgan fingerprint density at radius 1 is 1.35 bits per heavy atom. The third-order valence-corrected chi connectivity index (χ3v) is 4.08. The van der Waals surface area contributed by atoms with Crippen LogP contribution in [0.25, 0.3) is 0 Å². The van der Waals surface area contributed by atoms with E-state index < -0.39 is 5.60 Å². The predicted octanol–water partition coefficient (Wildman–Crippen LogP) is 2.67. The van der Waals surface area contributed by atoms with Gasteiger partial charge in [-0.25, -0.2) is 4.79 Å². The number of nitrogens with one attached hydrogen (secondary N) is 1. The molecule has 3 rings (SSSR count). The molecule has 0 bridgehead atoms. The highest BCUT2D eigenvalue weighted by atomic mass is 16.6. The molecule has 2 heterocycles. The van der Waals surface area contributed by atoms with Gasteiger partial charge in [0, 0.05) is 18.5 Å². The van der Waals surface area contributed by atoms with Crippen molar-refractivity contribution < 1.29 is 9.53 Å². The Labute approximate surface area is 120 Å². The lowest BCUT2D eigenvalue weighted by Crippen LogP contribution is -2.41. The van der Waals surface area contributed by atoms with E-state index >= 15 is 0 Å². The van der Waals surface area contributed by atoms with Gasteiger partial charge in [0.2, 0.25) is 0 Å². The summed E-state index contributed by atoms with van der Waals surface area (Å²) in [6, 6.07) is 8.20. The lowest BCUT2D eigenvalue weighted by atomic mass is 9.82. The summed E-state index contributed by atoms with van der Waals surface area (Å²) in [5.74, 6) is 0. The van der Waals surface area contributed by atoms with E-state index in [1.165, 1.54) is 5.56 Å². The Balaban J connectivity index is 1.93. The topological polar surface area (TPSA) is 41.6 Å². The molecule has 1 aromatic rings. The van der Waals surface area contributed by atoms with Crippen LogP contribution in [0.4, 0.5) is 10.5 Å². The molecule has 1 spiro atoms. The highest BCUT2D eigenvalue weighted by Gasteiger charge is 2.47. The molecule has 1 amide bonds. The van der Waals surface area contributed by atoms with E-state index in [0.29, 0.717) is 6.54 Å². The molecule has 108 valence electrons. The predicted molar refractivity (Wildman–Crippen MR) is 79.2 cm³/mol. The number of anilines is 1. The second kappa shape index (κ2) is 4.48. The lowest BCUT2D eigenvalue weighted by molar-refractivity contribution is 0.0578. The summed E-state index contributed by atoms with van der Waals surface area (Å²) >= 11 is 0. The Morgan fingerprint density at radius 3 is 2.75 bits per heavy atom. The maximum Gasteiger partial charge on any atom is 0.414 e. The molecule has 1 atom stereocenters. The molecule has 0 unspecified atom stereocenters. The molecule has 1 N–H and O–H groups in total. The van der Waals surface area contributed by atoms with Crippen molar-refractivity contribution >= 4 is 11.8 Å². The van der Waals surface area contributed by atoms with Crippen LogP contribution in [0.2, 0.25) is 0 Å². The number of para-hydroxylation sites is 1. The van der Waals surface area contributed by atoms with Gasteiger partial charge >= 0.3 is 6.09 Å². The van der Waals surface area contributed by atoms with E-state index in [-0.39, 0.29) is 11.5 Å². The van der Waals surface area contributed by atoms with Gasteiger partial charge < -0.3 is 10.1 Å². The van der Waals surface area contributed by atoms with Crippen molar-refractivity contribution in [3.05, 3.63) is 29.8 Å². The zero-order valence-electron chi connectivity index (χ0n) is 12.4. The van der Waals surface area contributed by atoms with Gasteiger partial charge in [-0.3, -0.25) is 4.90 Å². The number of benzene rings is 1. The molecule has 2 aliphatic heterocycles. The fourth-order valence-corrected chi connectivity index (χ4v) is 3.22. The van der Waals surface area contributed by atoms with Crippen molar-refractivity contribution in [3.63, 3.8) is 0 Å². The lowest BCUT2D eigenvalue weighted by Gasteiger charge is -2.26. The molecule has 0 aromatic heterocycles. The zero-order chi connectivity index (χ0) is 14.4. The van der Waals surface area contributed by atoms with Gasteiger partial charge in [-0.15, -0.1) is 0 Å². The normalized spacial score (nSPS) is 25.1. The first kappa shape index (κ1) is 13.4. The Bertz CT molecular complexity index is 528. The van der Waals surface area contributed by atoms with Crippen molar-refractivity contribution in [1.82, 2.24) is 5.32 Å². The maximum absolute atomic E-state index is 12.4. The molecule has 4 heteroatoms. The summed E-state index contributed by atoms with van der Waals surface area (Å²) in [5.41, 5.74) is 1.88. The van der Waals surface area contributed by atoms with Gasteiger partial charge in [-0.05, 0) is 45.4 Å². The highest BCUT2D eigenvalue weighted by molar-refractivity contribution is 5.91. The van der Waals surface area contributed by atoms with E-state index in [1.54, 1.807) is 4.90 Å². The third kappa shape index (κ3) is 2.18. The molecular weight excluding hydrogens is 252 g/mol. The summed E-state index contributed by atoms with van der Waals surface area (Å²) in [6.07, 6.45) is 0.831. The Morgan fingerprint density at radius 2 is 2.10 bits per heavy atom. The number of fused-ring (bicyclic) bond motifs is 2. The third-order valence-electron chi connectivity index (χ3n) is 4.08. The standard InChI is InChI=1S/C16H22N2O2/c1-15(2,3)20-14(19)18-11-16(8-9-17-10-16)12-6-4-5-7-13(12)18/h4-7,17H,8-11H2,1-3H3/t16-/m1/s1. The fraction of sp³-hybridized carbons (Fsp3) is 0.562. The first-order valence-corrected chi connectivity index (χ1v) is 7.22. The average Bonchev–Trinajstić information content (AvgIpc) is 2.95. The number of hydrogen-bond acceptors (Lipinski definition) is 3. The van der Waals surface area contributed by atoms with Crippen molar-refractivity contribution in [2.75, 3.05) is 24.5 Å². The van der Waals surface area contributed by atoms with Gasteiger partial charge in [0.15, 0.2) is 0 Å². The number of hydrogen-bond donors (Lipinski definition) is 1. The van der Waals surface area contributed by atoms with Crippen molar-refractivity contribution in [1.29, 1.82) is 0 Å².